The molecule has 0 spiro atoms. The highest BCUT2D eigenvalue weighted by molar-refractivity contribution is 8.14. The van der Waals surface area contributed by atoms with Crippen LogP contribution in [-0.4, -0.2) is 15.8 Å². The average Bonchev–Trinajstić information content (AvgIpc) is 2.71. The summed E-state index contributed by atoms with van der Waals surface area (Å²) in [5.41, 5.74) is 0. The second-order valence-electron chi connectivity index (χ2n) is 3.13. The van der Waals surface area contributed by atoms with E-state index in [1.807, 2.05) is 13.8 Å². The summed E-state index contributed by atoms with van der Waals surface area (Å²) >= 11 is 3.53. The normalized spacial score (nSPS) is 14.4. The molecule has 3 rings (SSSR count). The van der Waals surface area contributed by atoms with E-state index in [-0.39, 0.29) is 10.5 Å². The first kappa shape index (κ1) is 8.76. The van der Waals surface area contributed by atoms with Crippen molar-refractivity contribution in [2.75, 3.05) is 0 Å². The van der Waals surface area contributed by atoms with E-state index < -0.39 is 0 Å². The van der Waals surface area contributed by atoms with E-state index >= 15 is 0 Å². The maximum atomic E-state index is 4.52. The SMILES string of the molecule is C=S1c2nc(C)sc2-c2sc(C)nc21. The molecule has 72 valence electrons. The zero-order valence-electron chi connectivity index (χ0n) is 7.83. The first-order valence-electron chi connectivity index (χ1n) is 4.16. The van der Waals surface area contributed by atoms with Gasteiger partial charge in [-0.05, 0) is 13.8 Å². The van der Waals surface area contributed by atoms with Crippen LogP contribution in [0, 0.1) is 13.8 Å². The Hall–Kier alpha value is -0.520. The minimum absolute atomic E-state index is 0.132. The van der Waals surface area contributed by atoms with Gasteiger partial charge in [0.15, 0.2) is 0 Å². The van der Waals surface area contributed by atoms with Crippen molar-refractivity contribution >= 4 is 39.0 Å². The average molecular weight is 240 g/mol. The molecule has 5 heteroatoms. The fourth-order valence-electron chi connectivity index (χ4n) is 1.53. The van der Waals surface area contributed by atoms with Crippen LogP contribution >= 0.6 is 33.2 Å². The zero-order chi connectivity index (χ0) is 9.87. The summed E-state index contributed by atoms with van der Waals surface area (Å²) in [5, 5.41) is 4.57. The molecule has 0 fully saturated rings. The molecule has 0 radical (unpaired) electrons. The van der Waals surface area contributed by atoms with E-state index in [9.17, 15) is 0 Å². The molecular weight excluding hydrogens is 232 g/mol. The van der Waals surface area contributed by atoms with E-state index in [1.54, 1.807) is 22.7 Å². The fraction of sp³-hybridized carbons (Fsp3) is 0.222. The van der Waals surface area contributed by atoms with Gasteiger partial charge in [-0.2, -0.15) is 0 Å². The minimum Gasteiger partial charge on any atom is -0.235 e. The molecule has 2 aromatic rings. The van der Waals surface area contributed by atoms with Gasteiger partial charge in [-0.3, -0.25) is 0 Å². The Labute approximate surface area is 92.6 Å². The van der Waals surface area contributed by atoms with Crippen LogP contribution in [0.4, 0.5) is 0 Å². The number of nitrogens with zero attached hydrogens (tertiary/aromatic N) is 2. The molecule has 14 heavy (non-hydrogen) atoms. The number of hydrogen-bond donors (Lipinski definition) is 0. The summed E-state index contributed by atoms with van der Waals surface area (Å²) in [6.07, 6.45) is 0. The maximum Gasteiger partial charge on any atom is 0.116 e. The van der Waals surface area contributed by atoms with E-state index in [1.165, 1.54) is 9.75 Å². The van der Waals surface area contributed by atoms with Gasteiger partial charge in [-0.25, -0.2) is 9.97 Å². The van der Waals surface area contributed by atoms with Gasteiger partial charge in [0.25, 0.3) is 0 Å². The van der Waals surface area contributed by atoms with E-state index in [0.717, 1.165) is 20.1 Å². The number of fused-ring (bicyclic) bond motifs is 3. The first-order valence-corrected chi connectivity index (χ1v) is 7.18. The number of aromatic nitrogens is 2. The second-order valence-corrected chi connectivity index (χ2v) is 7.09. The lowest BCUT2D eigenvalue weighted by molar-refractivity contribution is 1.14. The van der Waals surface area contributed by atoms with Crippen LogP contribution in [0.5, 0.6) is 0 Å². The summed E-state index contributed by atoms with van der Waals surface area (Å²) < 4.78 is 0. The molecule has 0 aromatic carbocycles. The van der Waals surface area contributed by atoms with Crippen LogP contribution in [0.3, 0.4) is 0 Å². The molecule has 0 unspecified atom stereocenters. The van der Waals surface area contributed by atoms with Crippen molar-refractivity contribution in [3.63, 3.8) is 0 Å². The zero-order valence-corrected chi connectivity index (χ0v) is 10.3. The number of rotatable bonds is 0. The second kappa shape index (κ2) is 2.74. The number of aryl methyl sites for hydroxylation is 2. The summed E-state index contributed by atoms with van der Waals surface area (Å²) in [7, 11) is -0.132. The largest absolute Gasteiger partial charge is 0.235 e. The standard InChI is InChI=1S/C9H8N2S3/c1-4-10-8-6(12-4)7-9(14(8)3)11-5(2)13-7/h3H2,1-2H3. The smallest absolute Gasteiger partial charge is 0.116 e. The van der Waals surface area contributed by atoms with Crippen molar-refractivity contribution in [2.24, 2.45) is 0 Å². The third-order valence-electron chi connectivity index (χ3n) is 2.08. The van der Waals surface area contributed by atoms with Gasteiger partial charge in [0.05, 0.1) is 19.8 Å². The van der Waals surface area contributed by atoms with Crippen molar-refractivity contribution in [1.82, 2.24) is 9.97 Å². The Bertz CT molecular complexity index is 502. The van der Waals surface area contributed by atoms with E-state index in [4.69, 9.17) is 0 Å². The Morgan fingerprint density at radius 2 is 1.43 bits per heavy atom. The number of thiazole rings is 2. The Morgan fingerprint density at radius 3 is 1.86 bits per heavy atom. The van der Waals surface area contributed by atoms with Crippen LogP contribution in [0.1, 0.15) is 10.0 Å². The third-order valence-corrected chi connectivity index (χ3v) is 5.97. The van der Waals surface area contributed by atoms with Gasteiger partial charge in [0, 0.05) is 0 Å². The van der Waals surface area contributed by atoms with Gasteiger partial charge in [-0.15, -0.1) is 22.7 Å². The summed E-state index contributed by atoms with van der Waals surface area (Å²) in [4.78, 5) is 11.7. The van der Waals surface area contributed by atoms with Crippen LogP contribution < -0.4 is 0 Å². The molecule has 0 bridgehead atoms. The molecule has 0 saturated carbocycles. The van der Waals surface area contributed by atoms with Gasteiger partial charge in [-0.1, -0.05) is 16.4 Å². The lowest BCUT2D eigenvalue weighted by Crippen LogP contribution is -1.75. The summed E-state index contributed by atoms with van der Waals surface area (Å²) in [6.45, 7) is 4.10. The Balaban J connectivity index is 2.37. The van der Waals surface area contributed by atoms with Gasteiger partial charge >= 0.3 is 0 Å². The molecule has 3 heterocycles. The quantitative estimate of drug-likeness (QED) is 0.563. The van der Waals surface area contributed by atoms with Crippen LogP contribution in [0.2, 0.25) is 0 Å². The number of hydrogen-bond acceptors (Lipinski definition) is 4. The minimum atomic E-state index is -0.132. The van der Waals surface area contributed by atoms with Crippen LogP contribution in [0.15, 0.2) is 10.1 Å². The molecular formula is C9H8N2S3. The monoisotopic (exact) mass is 240 g/mol. The van der Waals surface area contributed by atoms with Crippen molar-refractivity contribution in [1.29, 1.82) is 0 Å². The molecule has 0 atom stereocenters. The Morgan fingerprint density at radius 1 is 1.00 bits per heavy atom. The summed E-state index contributed by atoms with van der Waals surface area (Å²) in [5.74, 6) is 4.16. The lowest BCUT2D eigenvalue weighted by atomic mass is 10.5. The topological polar surface area (TPSA) is 25.8 Å². The molecule has 0 saturated heterocycles. The van der Waals surface area contributed by atoms with Crippen LogP contribution in [-0.2, 0) is 0 Å². The molecule has 2 nitrogen and oxygen atoms in total. The lowest BCUT2D eigenvalue weighted by Gasteiger charge is -1.92. The van der Waals surface area contributed by atoms with Crippen molar-refractivity contribution in [2.45, 2.75) is 23.9 Å². The van der Waals surface area contributed by atoms with Gasteiger partial charge < -0.3 is 0 Å². The summed E-state index contributed by atoms with van der Waals surface area (Å²) in [6, 6.07) is 0. The molecule has 0 aliphatic carbocycles. The van der Waals surface area contributed by atoms with E-state index in [2.05, 4.69) is 15.8 Å². The highest BCUT2D eigenvalue weighted by Crippen LogP contribution is 2.55. The first-order chi connectivity index (χ1) is 6.66. The van der Waals surface area contributed by atoms with E-state index in [0.29, 0.717) is 0 Å². The highest BCUT2D eigenvalue weighted by atomic mass is 32.2. The van der Waals surface area contributed by atoms with Gasteiger partial charge in [0.2, 0.25) is 0 Å². The van der Waals surface area contributed by atoms with Crippen LogP contribution in [0.25, 0.3) is 9.75 Å². The maximum absolute atomic E-state index is 4.52. The Kier molecular flexibility index (Phi) is 1.72. The molecule has 1 aliphatic heterocycles. The molecule has 0 N–H and O–H groups in total. The molecule has 2 aromatic heterocycles. The predicted octanol–water partition coefficient (Wildman–Crippen LogP) is 3.32. The van der Waals surface area contributed by atoms with Crippen molar-refractivity contribution in [3.05, 3.63) is 10.0 Å². The fourth-order valence-corrected chi connectivity index (χ4v) is 5.72. The molecule has 1 aliphatic rings. The van der Waals surface area contributed by atoms with Crippen molar-refractivity contribution in [3.8, 4) is 9.75 Å². The van der Waals surface area contributed by atoms with Crippen molar-refractivity contribution < 1.29 is 0 Å². The highest BCUT2D eigenvalue weighted by Gasteiger charge is 2.28. The molecule has 0 amide bonds. The third kappa shape index (κ3) is 1.00. The predicted molar refractivity (Wildman–Crippen MR) is 63.9 cm³/mol. The van der Waals surface area contributed by atoms with Gasteiger partial charge in [0.1, 0.15) is 10.1 Å².